The minimum atomic E-state index is -0.984. The summed E-state index contributed by atoms with van der Waals surface area (Å²) in [6.07, 6.45) is 1.57. The lowest BCUT2D eigenvalue weighted by molar-refractivity contribution is -0.110. The third kappa shape index (κ3) is 4.72. The van der Waals surface area contributed by atoms with Crippen LogP contribution in [0.4, 0.5) is 14.5 Å². The molecule has 1 atom stereocenters. The number of carbonyl (C=O) groups excluding carboxylic acids is 2. The molecule has 3 aromatic rings. The number of hydrogen-bond donors (Lipinski definition) is 3. The van der Waals surface area contributed by atoms with E-state index < -0.39 is 17.7 Å². The molecule has 3 aliphatic heterocycles. The number of fused-ring (bicyclic) bond motifs is 2. The predicted molar refractivity (Wildman–Crippen MR) is 147 cm³/mol. The second-order valence-corrected chi connectivity index (χ2v) is 10.4. The number of nitrogens with one attached hydrogen (secondary N) is 2. The summed E-state index contributed by atoms with van der Waals surface area (Å²) in [6.45, 7) is 5.79. The molecule has 3 aliphatic rings. The third-order valence-corrected chi connectivity index (χ3v) is 7.86. The molecular formula is C30H30F2N4O4. The van der Waals surface area contributed by atoms with E-state index in [2.05, 4.69) is 15.2 Å². The van der Waals surface area contributed by atoms with E-state index in [0.717, 1.165) is 24.8 Å². The van der Waals surface area contributed by atoms with Gasteiger partial charge in [-0.15, -0.1) is 0 Å². The van der Waals surface area contributed by atoms with E-state index in [0.29, 0.717) is 71.9 Å². The number of benzene rings is 2. The molecule has 1 unspecified atom stereocenters. The zero-order valence-electron chi connectivity index (χ0n) is 22.1. The van der Waals surface area contributed by atoms with Crippen molar-refractivity contribution in [3.8, 4) is 11.1 Å². The van der Waals surface area contributed by atoms with Gasteiger partial charge in [-0.25, -0.2) is 8.78 Å². The number of aliphatic hydroxyl groups is 1. The zero-order valence-corrected chi connectivity index (χ0v) is 22.1. The van der Waals surface area contributed by atoms with Crippen LogP contribution >= 0.6 is 0 Å². The van der Waals surface area contributed by atoms with Crippen molar-refractivity contribution in [1.82, 2.24) is 14.8 Å². The minimum absolute atomic E-state index is 0.0585. The molecule has 2 amide bonds. The van der Waals surface area contributed by atoms with Crippen molar-refractivity contribution in [1.29, 1.82) is 0 Å². The molecule has 0 bridgehead atoms. The first-order chi connectivity index (χ1) is 19.3. The van der Waals surface area contributed by atoms with Gasteiger partial charge in [-0.2, -0.15) is 0 Å². The minimum Gasteiger partial charge on any atom is -0.390 e. The lowest BCUT2D eigenvalue weighted by atomic mass is 9.93. The molecule has 0 saturated carbocycles. The Kier molecular flexibility index (Phi) is 6.99. The van der Waals surface area contributed by atoms with Crippen LogP contribution in [0.5, 0.6) is 0 Å². The number of ether oxygens (including phenoxy) is 1. The van der Waals surface area contributed by atoms with E-state index in [-0.39, 0.29) is 23.9 Å². The van der Waals surface area contributed by atoms with Crippen LogP contribution in [0.15, 0.2) is 36.4 Å². The molecule has 8 nitrogen and oxygen atoms in total. The van der Waals surface area contributed by atoms with Gasteiger partial charge in [0.1, 0.15) is 0 Å². The van der Waals surface area contributed by atoms with E-state index in [1.165, 1.54) is 12.1 Å². The Hall–Kier alpha value is -3.86. The van der Waals surface area contributed by atoms with Crippen LogP contribution in [0, 0.1) is 18.6 Å². The first-order valence-electron chi connectivity index (χ1n) is 13.4. The van der Waals surface area contributed by atoms with Gasteiger partial charge in [0.2, 0.25) is 0 Å². The van der Waals surface area contributed by atoms with Crippen molar-refractivity contribution in [2.24, 2.45) is 0 Å². The number of aromatic nitrogens is 1. The number of carbonyl (C=O) groups is 2. The van der Waals surface area contributed by atoms with Gasteiger partial charge in [0.05, 0.1) is 30.5 Å². The summed E-state index contributed by atoms with van der Waals surface area (Å²) in [5.74, 6) is -2.49. The van der Waals surface area contributed by atoms with Crippen LogP contribution in [0.1, 0.15) is 32.9 Å². The average Bonchev–Trinajstić information content (AvgIpc) is 3.44. The molecule has 1 fully saturated rings. The fraction of sp³-hybridized carbons (Fsp3) is 0.333. The molecule has 2 aromatic carbocycles. The summed E-state index contributed by atoms with van der Waals surface area (Å²) >= 11 is 0. The van der Waals surface area contributed by atoms with E-state index in [1.54, 1.807) is 29.2 Å². The standard InChI is InChI=1S/C30H30F2N4O4/c1-17-25(33-24-8-9-36(30(39)26(17)24)16-18(37)15-35-10-12-40-13-11-35)14-21-27-19(4-3-7-23(27)34-29(21)38)20-5-2-6-22(31)28(20)32/h2-7,14,18,33,37H,8-13,15-16H2,1H3,(H,34,38)/b21-14-. The molecular weight excluding hydrogens is 518 g/mol. The van der Waals surface area contributed by atoms with Gasteiger partial charge >= 0.3 is 0 Å². The number of anilines is 1. The Morgan fingerprint density at radius 1 is 1.02 bits per heavy atom. The largest absolute Gasteiger partial charge is 0.390 e. The maximum atomic E-state index is 14.8. The Balaban J connectivity index is 1.29. The molecule has 4 heterocycles. The summed E-state index contributed by atoms with van der Waals surface area (Å²) < 4.78 is 34.2. The average molecular weight is 549 g/mol. The number of H-pyrrole nitrogens is 1. The summed E-state index contributed by atoms with van der Waals surface area (Å²) in [5.41, 5.74) is 4.33. The van der Waals surface area contributed by atoms with Crippen molar-refractivity contribution in [2.45, 2.75) is 19.4 Å². The van der Waals surface area contributed by atoms with Crippen LogP contribution in [0.2, 0.25) is 0 Å². The maximum Gasteiger partial charge on any atom is 0.256 e. The fourth-order valence-corrected chi connectivity index (χ4v) is 5.84. The normalized spacial score (nSPS) is 19.1. The van der Waals surface area contributed by atoms with E-state index in [4.69, 9.17) is 4.74 Å². The van der Waals surface area contributed by atoms with Crippen LogP contribution in [-0.2, 0) is 16.0 Å². The molecule has 6 rings (SSSR count). The Bertz CT molecular complexity index is 1530. The summed E-state index contributed by atoms with van der Waals surface area (Å²) in [4.78, 5) is 33.6. The lowest BCUT2D eigenvalue weighted by Gasteiger charge is -2.32. The monoisotopic (exact) mass is 548 g/mol. The summed E-state index contributed by atoms with van der Waals surface area (Å²) in [5, 5.41) is 13.5. The first-order valence-corrected chi connectivity index (χ1v) is 13.4. The molecule has 3 N–H and O–H groups in total. The fourth-order valence-electron chi connectivity index (χ4n) is 5.84. The van der Waals surface area contributed by atoms with E-state index in [9.17, 15) is 23.5 Å². The number of rotatable bonds is 6. The molecule has 0 radical (unpaired) electrons. The van der Waals surface area contributed by atoms with Crippen LogP contribution in [0.25, 0.3) is 22.8 Å². The number of amides is 2. The second-order valence-electron chi connectivity index (χ2n) is 10.4. The molecule has 40 heavy (non-hydrogen) atoms. The number of halogens is 2. The smallest absolute Gasteiger partial charge is 0.256 e. The van der Waals surface area contributed by atoms with Gasteiger partial charge in [0.15, 0.2) is 11.6 Å². The van der Waals surface area contributed by atoms with Crippen molar-refractivity contribution in [3.63, 3.8) is 0 Å². The molecule has 1 aromatic heterocycles. The van der Waals surface area contributed by atoms with Crippen LogP contribution in [0.3, 0.4) is 0 Å². The zero-order chi connectivity index (χ0) is 28.0. The van der Waals surface area contributed by atoms with Crippen molar-refractivity contribution >= 4 is 29.2 Å². The maximum absolute atomic E-state index is 14.8. The van der Waals surface area contributed by atoms with Crippen molar-refractivity contribution in [3.05, 3.63) is 76.1 Å². The van der Waals surface area contributed by atoms with Gasteiger partial charge < -0.3 is 25.0 Å². The van der Waals surface area contributed by atoms with E-state index >= 15 is 0 Å². The highest BCUT2D eigenvalue weighted by atomic mass is 19.2. The highest BCUT2D eigenvalue weighted by Gasteiger charge is 2.33. The molecule has 0 spiro atoms. The quantitative estimate of drug-likeness (QED) is 0.410. The third-order valence-electron chi connectivity index (χ3n) is 7.86. The molecule has 0 aliphatic carbocycles. The first kappa shape index (κ1) is 26.4. The number of β-amino-alcohol motifs (C(OH)–C–C–N with tert-alkyl or cyclic N) is 1. The van der Waals surface area contributed by atoms with Gasteiger partial charge in [0, 0.05) is 67.3 Å². The van der Waals surface area contributed by atoms with Gasteiger partial charge in [-0.05, 0) is 36.3 Å². The Morgan fingerprint density at radius 3 is 2.58 bits per heavy atom. The van der Waals surface area contributed by atoms with Gasteiger partial charge in [-0.1, -0.05) is 24.3 Å². The molecule has 1 saturated heterocycles. The highest BCUT2D eigenvalue weighted by molar-refractivity contribution is 6.36. The predicted octanol–water partition coefficient (Wildman–Crippen LogP) is 3.45. The highest BCUT2D eigenvalue weighted by Crippen LogP contribution is 2.42. The number of aromatic amines is 1. The molecule has 208 valence electrons. The number of hydrogen-bond acceptors (Lipinski definition) is 5. The van der Waals surface area contributed by atoms with Crippen LogP contribution < -0.4 is 5.32 Å². The second kappa shape index (κ2) is 10.6. The van der Waals surface area contributed by atoms with Crippen LogP contribution in [-0.4, -0.2) is 83.7 Å². The van der Waals surface area contributed by atoms with Gasteiger partial charge in [0.25, 0.3) is 11.8 Å². The van der Waals surface area contributed by atoms with Crippen molar-refractivity contribution < 1.29 is 28.2 Å². The lowest BCUT2D eigenvalue weighted by Crippen LogP contribution is -2.47. The van der Waals surface area contributed by atoms with Crippen molar-refractivity contribution in [2.75, 3.05) is 51.3 Å². The van der Waals surface area contributed by atoms with E-state index in [1.807, 2.05) is 6.92 Å². The van der Waals surface area contributed by atoms with Gasteiger partial charge in [-0.3, -0.25) is 14.5 Å². The topological polar surface area (TPSA) is 97.9 Å². The Morgan fingerprint density at radius 2 is 1.77 bits per heavy atom. The number of aliphatic hydroxyl groups excluding tert-OH is 1. The number of nitrogens with zero attached hydrogens (tertiary/aromatic N) is 2. The summed E-state index contributed by atoms with van der Waals surface area (Å²) in [6, 6.07) is 9.01. The number of morpholine rings is 1. The SMILES string of the molecule is Cc1c(/C=C2\C(=O)Nc3cccc(-c4cccc(F)c4F)c32)[nH]c2c1C(=O)N(CC(O)CN1CCOCC1)CC2. The molecule has 10 heteroatoms. The summed E-state index contributed by atoms with van der Waals surface area (Å²) in [7, 11) is 0. The Labute approximate surface area is 230 Å².